The molecule has 0 unspecified atom stereocenters. The second kappa shape index (κ2) is 11.2. The maximum absolute atomic E-state index is 12.9. The van der Waals surface area contributed by atoms with Crippen LogP contribution in [0.5, 0.6) is 0 Å². The number of sulfonamides is 1. The van der Waals surface area contributed by atoms with Crippen LogP contribution in [0.25, 0.3) is 0 Å². The number of rotatable bonds is 6. The SMILES string of the molecule is CN=C(NCCCNS(C)(=O)=O)N1CCN(c2cccc(C(F)(F)F)c2)CC1.I. The van der Waals surface area contributed by atoms with Crippen LogP contribution in [0.3, 0.4) is 0 Å². The first kappa shape index (κ1) is 25.8. The third-order valence-electron chi connectivity index (χ3n) is 4.33. The van der Waals surface area contributed by atoms with Crippen LogP contribution >= 0.6 is 24.0 Å². The number of aliphatic imine (C=N–C) groups is 1. The van der Waals surface area contributed by atoms with Crippen molar-refractivity contribution in [3.05, 3.63) is 29.8 Å². The number of anilines is 1. The van der Waals surface area contributed by atoms with Gasteiger partial charge in [-0.25, -0.2) is 13.1 Å². The first-order chi connectivity index (χ1) is 13.1. The molecule has 0 aromatic heterocycles. The molecule has 0 amide bonds. The molecular weight excluding hydrogens is 522 g/mol. The Balaban J connectivity index is 0.00000420. The summed E-state index contributed by atoms with van der Waals surface area (Å²) in [6.45, 7) is 3.31. The second-order valence-corrected chi connectivity index (χ2v) is 8.35. The Morgan fingerprint density at radius 3 is 2.38 bits per heavy atom. The van der Waals surface area contributed by atoms with Crippen molar-refractivity contribution >= 4 is 45.6 Å². The Kier molecular flexibility index (Phi) is 9.95. The predicted octanol–water partition coefficient (Wildman–Crippen LogP) is 1.96. The minimum absolute atomic E-state index is 0. The van der Waals surface area contributed by atoms with Crippen LogP contribution < -0.4 is 14.9 Å². The van der Waals surface area contributed by atoms with Gasteiger partial charge in [-0.2, -0.15) is 13.2 Å². The largest absolute Gasteiger partial charge is 0.416 e. The molecule has 29 heavy (non-hydrogen) atoms. The standard InChI is InChI=1S/C17H26F3N5O2S.HI/c1-21-16(22-7-4-8-23-28(2,26)27)25-11-9-24(10-12-25)15-6-3-5-14(13-15)17(18,19)20;/h3,5-6,13,23H,4,7-12H2,1-2H3,(H,21,22);1H. The highest BCUT2D eigenvalue weighted by molar-refractivity contribution is 14.0. The second-order valence-electron chi connectivity index (χ2n) is 6.52. The third-order valence-corrected chi connectivity index (χ3v) is 5.06. The number of piperazine rings is 1. The van der Waals surface area contributed by atoms with Crippen molar-refractivity contribution < 1.29 is 21.6 Å². The minimum Gasteiger partial charge on any atom is -0.368 e. The van der Waals surface area contributed by atoms with Crippen LogP contribution in [0.2, 0.25) is 0 Å². The zero-order valence-electron chi connectivity index (χ0n) is 16.4. The maximum atomic E-state index is 12.9. The van der Waals surface area contributed by atoms with Crippen LogP contribution in [0.4, 0.5) is 18.9 Å². The van der Waals surface area contributed by atoms with Crippen LogP contribution in [0, 0.1) is 0 Å². The smallest absolute Gasteiger partial charge is 0.368 e. The summed E-state index contributed by atoms with van der Waals surface area (Å²) < 4.78 is 63.2. The molecule has 1 aromatic carbocycles. The molecule has 0 saturated carbocycles. The van der Waals surface area contributed by atoms with Crippen molar-refractivity contribution in [2.24, 2.45) is 4.99 Å². The van der Waals surface area contributed by atoms with E-state index in [0.717, 1.165) is 12.3 Å². The van der Waals surface area contributed by atoms with Gasteiger partial charge in [0.1, 0.15) is 0 Å². The summed E-state index contributed by atoms with van der Waals surface area (Å²) in [5.74, 6) is 0.697. The van der Waals surface area contributed by atoms with Gasteiger partial charge in [-0.3, -0.25) is 4.99 Å². The monoisotopic (exact) mass is 549 g/mol. The molecule has 1 heterocycles. The molecule has 0 aliphatic carbocycles. The topological polar surface area (TPSA) is 77.0 Å². The number of alkyl halides is 3. The highest BCUT2D eigenvalue weighted by Crippen LogP contribution is 2.31. The molecule has 1 aliphatic heterocycles. The lowest BCUT2D eigenvalue weighted by molar-refractivity contribution is -0.137. The molecule has 166 valence electrons. The molecule has 1 aromatic rings. The van der Waals surface area contributed by atoms with E-state index in [0.29, 0.717) is 57.3 Å². The van der Waals surface area contributed by atoms with E-state index in [2.05, 4.69) is 15.0 Å². The molecule has 0 radical (unpaired) electrons. The molecule has 7 nitrogen and oxygen atoms in total. The number of guanidine groups is 1. The summed E-state index contributed by atoms with van der Waals surface area (Å²) in [7, 11) is -1.53. The highest BCUT2D eigenvalue weighted by Gasteiger charge is 2.31. The predicted molar refractivity (Wildman–Crippen MR) is 119 cm³/mol. The van der Waals surface area contributed by atoms with Crippen LogP contribution in [-0.2, 0) is 16.2 Å². The molecule has 0 atom stereocenters. The molecule has 0 spiro atoms. The Morgan fingerprint density at radius 2 is 1.83 bits per heavy atom. The lowest BCUT2D eigenvalue weighted by Crippen LogP contribution is -2.52. The number of nitrogens with zero attached hydrogens (tertiary/aromatic N) is 3. The molecule has 1 aliphatic rings. The zero-order valence-corrected chi connectivity index (χ0v) is 19.5. The average Bonchev–Trinajstić information content (AvgIpc) is 2.63. The van der Waals surface area contributed by atoms with E-state index in [-0.39, 0.29) is 24.0 Å². The number of hydrogen-bond acceptors (Lipinski definition) is 4. The van der Waals surface area contributed by atoms with Gasteiger partial charge in [-0.1, -0.05) is 6.07 Å². The van der Waals surface area contributed by atoms with Gasteiger partial charge in [0, 0.05) is 52.0 Å². The van der Waals surface area contributed by atoms with Crippen molar-refractivity contribution in [1.82, 2.24) is 14.9 Å². The van der Waals surface area contributed by atoms with Crippen LogP contribution in [-0.4, -0.2) is 71.8 Å². The average molecular weight is 549 g/mol. The van der Waals surface area contributed by atoms with Crippen molar-refractivity contribution in [3.8, 4) is 0 Å². The Hall–Kier alpha value is -1.28. The lowest BCUT2D eigenvalue weighted by atomic mass is 10.1. The van der Waals surface area contributed by atoms with Crippen LogP contribution in [0.1, 0.15) is 12.0 Å². The molecule has 1 fully saturated rings. The third kappa shape index (κ3) is 8.54. The molecule has 12 heteroatoms. The fraction of sp³-hybridized carbons (Fsp3) is 0.588. The Morgan fingerprint density at radius 1 is 1.17 bits per heavy atom. The summed E-state index contributed by atoms with van der Waals surface area (Å²) >= 11 is 0. The molecule has 1 saturated heterocycles. The number of hydrogen-bond donors (Lipinski definition) is 2. The van der Waals surface area contributed by atoms with Gasteiger partial charge in [0.25, 0.3) is 0 Å². The van der Waals surface area contributed by atoms with Gasteiger partial charge in [0.2, 0.25) is 10.0 Å². The minimum atomic E-state index is -4.35. The van der Waals surface area contributed by atoms with Gasteiger partial charge in [0.05, 0.1) is 11.8 Å². The summed E-state index contributed by atoms with van der Waals surface area (Å²) in [6.07, 6.45) is -2.63. The fourth-order valence-corrected chi connectivity index (χ4v) is 3.45. The lowest BCUT2D eigenvalue weighted by Gasteiger charge is -2.37. The molecule has 2 rings (SSSR count). The summed E-state index contributed by atoms with van der Waals surface area (Å²) in [6, 6.07) is 5.37. The van der Waals surface area contributed by atoms with Gasteiger partial charge in [0.15, 0.2) is 5.96 Å². The van der Waals surface area contributed by atoms with E-state index >= 15 is 0 Å². The number of halogens is 4. The Labute approximate surface area is 186 Å². The van der Waals surface area contributed by atoms with Gasteiger partial charge in [-0.15, -0.1) is 24.0 Å². The molecule has 0 bridgehead atoms. The summed E-state index contributed by atoms with van der Waals surface area (Å²) in [5.41, 5.74) is -0.0862. The quantitative estimate of drug-likeness (QED) is 0.246. The van der Waals surface area contributed by atoms with Gasteiger partial charge in [-0.05, 0) is 24.6 Å². The Bertz CT molecular complexity index is 782. The van der Waals surface area contributed by atoms with E-state index in [1.165, 1.54) is 12.1 Å². The number of benzene rings is 1. The van der Waals surface area contributed by atoms with Crippen molar-refractivity contribution in [1.29, 1.82) is 0 Å². The summed E-state index contributed by atoms with van der Waals surface area (Å²) in [4.78, 5) is 8.19. The summed E-state index contributed by atoms with van der Waals surface area (Å²) in [5, 5.41) is 3.18. The first-order valence-electron chi connectivity index (χ1n) is 8.92. The normalized spacial score (nSPS) is 15.8. The van der Waals surface area contributed by atoms with Gasteiger partial charge < -0.3 is 15.1 Å². The maximum Gasteiger partial charge on any atom is 0.416 e. The van der Waals surface area contributed by atoms with E-state index < -0.39 is 21.8 Å². The van der Waals surface area contributed by atoms with E-state index in [1.807, 2.05) is 9.80 Å². The molecular formula is C17H27F3IN5O2S. The fourth-order valence-electron chi connectivity index (χ4n) is 2.93. The van der Waals surface area contributed by atoms with Gasteiger partial charge >= 0.3 is 6.18 Å². The van der Waals surface area contributed by atoms with E-state index in [9.17, 15) is 21.6 Å². The zero-order chi connectivity index (χ0) is 20.8. The van der Waals surface area contributed by atoms with E-state index in [4.69, 9.17) is 0 Å². The molecule has 2 N–H and O–H groups in total. The highest BCUT2D eigenvalue weighted by atomic mass is 127. The van der Waals surface area contributed by atoms with E-state index in [1.54, 1.807) is 13.1 Å². The van der Waals surface area contributed by atoms with Crippen LogP contribution in [0.15, 0.2) is 29.3 Å². The van der Waals surface area contributed by atoms with Crippen molar-refractivity contribution in [2.75, 3.05) is 57.5 Å². The van der Waals surface area contributed by atoms with Crippen molar-refractivity contribution in [2.45, 2.75) is 12.6 Å². The number of nitrogens with one attached hydrogen (secondary N) is 2. The first-order valence-corrected chi connectivity index (χ1v) is 10.8. The van der Waals surface area contributed by atoms with Crippen molar-refractivity contribution in [3.63, 3.8) is 0 Å².